The monoisotopic (exact) mass is 343 g/mol. The second kappa shape index (κ2) is 6.67. The first-order chi connectivity index (χ1) is 12.0. The Kier molecular flexibility index (Phi) is 4.73. The highest BCUT2D eigenvalue weighted by molar-refractivity contribution is 6.06. The maximum absolute atomic E-state index is 11.2. The summed E-state index contributed by atoms with van der Waals surface area (Å²) in [6.45, 7) is 4.00. The average Bonchev–Trinajstić information content (AvgIpc) is 2.61. The first kappa shape index (κ1) is 17.7. The van der Waals surface area contributed by atoms with Gasteiger partial charge < -0.3 is 16.6 Å². The lowest BCUT2D eigenvalue weighted by molar-refractivity contribution is 0.0287. The van der Waals surface area contributed by atoms with E-state index in [1.165, 1.54) is 6.42 Å². The predicted molar refractivity (Wildman–Crippen MR) is 102 cm³/mol. The van der Waals surface area contributed by atoms with E-state index < -0.39 is 11.3 Å². The number of hydrogen-bond donors (Lipinski definition) is 3. The molecule has 1 aromatic rings. The summed E-state index contributed by atoms with van der Waals surface area (Å²) in [6, 6.07) is 7.91. The number of guanidine groups is 2. The molecule has 1 aromatic carbocycles. The maximum Gasteiger partial charge on any atom is 0.220 e. The van der Waals surface area contributed by atoms with Crippen LogP contribution in [0.5, 0.6) is 0 Å². The topological polar surface area (TPSA) is 100 Å². The van der Waals surface area contributed by atoms with E-state index in [2.05, 4.69) is 4.99 Å². The summed E-state index contributed by atoms with van der Waals surface area (Å²) in [7, 11) is 0. The molecule has 1 fully saturated rings. The van der Waals surface area contributed by atoms with Crippen LogP contribution in [0.4, 0.5) is 5.69 Å². The molecule has 6 nitrogen and oxygen atoms in total. The van der Waals surface area contributed by atoms with E-state index in [1.807, 2.05) is 43.0 Å². The zero-order valence-electron chi connectivity index (χ0n) is 15.2. The highest BCUT2D eigenvalue weighted by Crippen LogP contribution is 2.43. The van der Waals surface area contributed by atoms with Gasteiger partial charge >= 0.3 is 0 Å². The van der Waals surface area contributed by atoms with E-state index in [0.29, 0.717) is 18.8 Å². The Morgan fingerprint density at radius 2 is 1.76 bits per heavy atom. The molecule has 0 aromatic heterocycles. The highest BCUT2D eigenvalue weighted by Gasteiger charge is 2.44. The minimum absolute atomic E-state index is 0.245. The Hall–Kier alpha value is -2.08. The van der Waals surface area contributed by atoms with Crippen LogP contribution in [0, 0.1) is 0 Å². The third-order valence-corrected chi connectivity index (χ3v) is 5.67. The minimum Gasteiger partial charge on any atom is -0.385 e. The molecule has 0 amide bonds. The smallest absolute Gasteiger partial charge is 0.220 e. The van der Waals surface area contributed by atoms with Gasteiger partial charge in [0.05, 0.1) is 11.3 Å². The first-order valence-electron chi connectivity index (χ1n) is 9.27. The van der Waals surface area contributed by atoms with Crippen molar-refractivity contribution in [2.45, 2.75) is 70.1 Å². The molecule has 0 unspecified atom stereocenters. The van der Waals surface area contributed by atoms with Crippen LogP contribution in [0.25, 0.3) is 0 Å². The number of nitrogens with two attached hydrogens (primary N) is 2. The number of anilines is 1. The van der Waals surface area contributed by atoms with E-state index in [-0.39, 0.29) is 5.96 Å². The lowest BCUT2D eigenvalue weighted by Crippen LogP contribution is -2.58. The number of benzene rings is 1. The van der Waals surface area contributed by atoms with Crippen LogP contribution in [-0.2, 0) is 5.60 Å². The molecule has 0 atom stereocenters. The molecule has 0 radical (unpaired) electrons. The molecule has 1 aliphatic heterocycles. The molecular formula is C19H29N5O. The molecule has 1 saturated carbocycles. The van der Waals surface area contributed by atoms with Crippen molar-refractivity contribution >= 4 is 17.6 Å². The summed E-state index contributed by atoms with van der Waals surface area (Å²) in [4.78, 5) is 11.0. The summed E-state index contributed by atoms with van der Waals surface area (Å²) in [5.74, 6) is 0.603. The largest absolute Gasteiger partial charge is 0.385 e. The van der Waals surface area contributed by atoms with Gasteiger partial charge in [0.15, 0.2) is 0 Å². The fraction of sp³-hybridized carbons (Fsp3) is 0.579. The van der Waals surface area contributed by atoms with Crippen molar-refractivity contribution in [3.8, 4) is 0 Å². The molecule has 0 saturated heterocycles. The van der Waals surface area contributed by atoms with Gasteiger partial charge in [0, 0.05) is 5.56 Å². The molecule has 1 heterocycles. The lowest BCUT2D eigenvalue weighted by atomic mass is 9.84. The number of aliphatic imine (C=N–C) groups is 2. The second-order valence-electron chi connectivity index (χ2n) is 7.07. The van der Waals surface area contributed by atoms with E-state index in [0.717, 1.165) is 36.9 Å². The number of nitrogens with zero attached hydrogens (tertiary/aromatic N) is 3. The summed E-state index contributed by atoms with van der Waals surface area (Å²) >= 11 is 0. The Bertz CT molecular complexity index is 687. The van der Waals surface area contributed by atoms with Crippen LogP contribution in [0.1, 0.15) is 64.4 Å². The van der Waals surface area contributed by atoms with Gasteiger partial charge in [-0.2, -0.15) is 4.99 Å². The van der Waals surface area contributed by atoms with Crippen LogP contribution >= 0.6 is 0 Å². The number of para-hydroxylation sites is 1. The van der Waals surface area contributed by atoms with Gasteiger partial charge in [0.2, 0.25) is 11.9 Å². The fourth-order valence-corrected chi connectivity index (χ4v) is 4.16. The van der Waals surface area contributed by atoms with Crippen LogP contribution in [0.2, 0.25) is 0 Å². The highest BCUT2D eigenvalue weighted by atomic mass is 16.3. The molecule has 1 spiro atoms. The van der Waals surface area contributed by atoms with Crippen molar-refractivity contribution in [3.63, 3.8) is 0 Å². The van der Waals surface area contributed by atoms with Crippen molar-refractivity contribution in [3.05, 3.63) is 29.8 Å². The van der Waals surface area contributed by atoms with Gasteiger partial charge in [-0.15, -0.1) is 0 Å². The number of hydrogen-bond acceptors (Lipinski definition) is 6. The first-order valence-corrected chi connectivity index (χ1v) is 9.27. The molecule has 25 heavy (non-hydrogen) atoms. The molecule has 0 bridgehead atoms. The fourth-order valence-electron chi connectivity index (χ4n) is 4.16. The summed E-state index contributed by atoms with van der Waals surface area (Å²) in [5.41, 5.74) is 12.6. The van der Waals surface area contributed by atoms with Crippen LogP contribution in [0.3, 0.4) is 0 Å². The normalized spacial score (nSPS) is 20.4. The second-order valence-corrected chi connectivity index (χ2v) is 7.07. The summed E-state index contributed by atoms with van der Waals surface area (Å²) in [5, 5.41) is 11.2. The third kappa shape index (κ3) is 2.99. The van der Waals surface area contributed by atoms with Crippen LogP contribution in [-0.4, -0.2) is 22.7 Å². The lowest BCUT2D eigenvalue weighted by Gasteiger charge is -2.47. The van der Waals surface area contributed by atoms with Gasteiger partial charge in [-0.3, -0.25) is 4.90 Å². The van der Waals surface area contributed by atoms with Crippen LogP contribution < -0.4 is 16.4 Å². The Morgan fingerprint density at radius 1 is 1.12 bits per heavy atom. The van der Waals surface area contributed by atoms with E-state index >= 15 is 0 Å². The SMILES string of the molecule is CCC(O)(CC)c1ccccc1N1C(N)=NC(N)=NC12CCCCC2. The van der Waals surface area contributed by atoms with Gasteiger partial charge in [-0.1, -0.05) is 38.5 Å². The predicted octanol–water partition coefficient (Wildman–Crippen LogP) is 2.80. The van der Waals surface area contributed by atoms with E-state index in [9.17, 15) is 5.11 Å². The summed E-state index contributed by atoms with van der Waals surface area (Å²) < 4.78 is 0. The maximum atomic E-state index is 11.2. The zero-order valence-corrected chi connectivity index (χ0v) is 15.2. The van der Waals surface area contributed by atoms with Gasteiger partial charge in [0.25, 0.3) is 0 Å². The Morgan fingerprint density at radius 3 is 2.40 bits per heavy atom. The molecule has 3 rings (SSSR count). The quantitative estimate of drug-likeness (QED) is 0.782. The Balaban J connectivity index is 2.16. The van der Waals surface area contributed by atoms with Crippen molar-refractivity contribution in [2.24, 2.45) is 21.5 Å². The molecular weight excluding hydrogens is 314 g/mol. The van der Waals surface area contributed by atoms with E-state index in [4.69, 9.17) is 16.5 Å². The van der Waals surface area contributed by atoms with Gasteiger partial charge in [-0.05, 0) is 44.6 Å². The third-order valence-electron chi connectivity index (χ3n) is 5.67. The zero-order chi connectivity index (χ0) is 18.1. The molecule has 2 aliphatic rings. The summed E-state index contributed by atoms with van der Waals surface area (Å²) in [6.07, 6.45) is 6.37. The number of rotatable bonds is 4. The van der Waals surface area contributed by atoms with E-state index in [1.54, 1.807) is 0 Å². The number of aliphatic hydroxyl groups is 1. The standard InChI is InChI=1S/C19H29N5O/c1-3-18(25,4-2)14-10-6-7-11-15(14)24-17(21)22-16(20)23-19(24)12-8-5-9-13-19/h6-7,10-11,25H,3-5,8-9,12-13H2,1-2H3,(H4,20,21,22,23). The van der Waals surface area contributed by atoms with Crippen molar-refractivity contribution in [2.75, 3.05) is 4.90 Å². The minimum atomic E-state index is -0.903. The Labute approximate surface area is 149 Å². The molecule has 6 heteroatoms. The average molecular weight is 343 g/mol. The molecule has 1 aliphatic carbocycles. The van der Waals surface area contributed by atoms with Gasteiger partial charge in [0.1, 0.15) is 5.66 Å². The molecule has 136 valence electrons. The van der Waals surface area contributed by atoms with Crippen molar-refractivity contribution < 1.29 is 5.11 Å². The molecule has 5 N–H and O–H groups in total. The van der Waals surface area contributed by atoms with Gasteiger partial charge in [-0.25, -0.2) is 4.99 Å². The van der Waals surface area contributed by atoms with Crippen molar-refractivity contribution in [1.29, 1.82) is 0 Å². The van der Waals surface area contributed by atoms with Crippen molar-refractivity contribution in [1.82, 2.24) is 0 Å². The van der Waals surface area contributed by atoms with Crippen LogP contribution in [0.15, 0.2) is 34.3 Å².